The minimum Gasteiger partial charge on any atom is -0.464 e. The molecule has 0 saturated heterocycles. The standard InChI is InChI=1S/C11H8BrFN2O2/c1-17-11(16)10-5-9(14-15-10)6-2-3-7(12)8(13)4-6/h2-5H,1H3,(H,14,15). The second-order valence-corrected chi connectivity index (χ2v) is 4.14. The molecule has 88 valence electrons. The summed E-state index contributed by atoms with van der Waals surface area (Å²) in [6.45, 7) is 0. The Morgan fingerprint density at radius 1 is 1.47 bits per heavy atom. The average molecular weight is 299 g/mol. The summed E-state index contributed by atoms with van der Waals surface area (Å²) in [5.41, 5.74) is 1.29. The number of methoxy groups -OCH3 is 1. The van der Waals surface area contributed by atoms with Gasteiger partial charge in [-0.2, -0.15) is 5.10 Å². The maximum Gasteiger partial charge on any atom is 0.356 e. The SMILES string of the molecule is COC(=O)c1cc(-c2ccc(Br)c(F)c2)n[nH]1. The van der Waals surface area contributed by atoms with E-state index in [0.717, 1.165) is 0 Å². The second kappa shape index (κ2) is 4.67. The van der Waals surface area contributed by atoms with Crippen molar-refractivity contribution in [2.24, 2.45) is 0 Å². The number of esters is 1. The van der Waals surface area contributed by atoms with E-state index < -0.39 is 5.97 Å². The molecule has 0 aliphatic carbocycles. The highest BCUT2D eigenvalue weighted by Gasteiger charge is 2.11. The van der Waals surface area contributed by atoms with E-state index in [-0.39, 0.29) is 11.5 Å². The Hall–Kier alpha value is -1.69. The molecule has 0 bridgehead atoms. The van der Waals surface area contributed by atoms with Gasteiger partial charge in [0.05, 0.1) is 17.3 Å². The number of carbonyl (C=O) groups is 1. The number of nitrogens with one attached hydrogen (secondary N) is 1. The molecule has 0 radical (unpaired) electrons. The van der Waals surface area contributed by atoms with Crippen LogP contribution in [0.25, 0.3) is 11.3 Å². The van der Waals surface area contributed by atoms with Crippen LogP contribution in [0.3, 0.4) is 0 Å². The molecule has 4 nitrogen and oxygen atoms in total. The van der Waals surface area contributed by atoms with Crippen LogP contribution in [0, 0.1) is 5.82 Å². The van der Waals surface area contributed by atoms with Crippen LogP contribution >= 0.6 is 15.9 Å². The van der Waals surface area contributed by atoms with Gasteiger partial charge < -0.3 is 4.74 Å². The van der Waals surface area contributed by atoms with Gasteiger partial charge in [-0.15, -0.1) is 0 Å². The first kappa shape index (κ1) is 11.8. The van der Waals surface area contributed by atoms with Crippen molar-refractivity contribution in [1.82, 2.24) is 10.2 Å². The van der Waals surface area contributed by atoms with Crippen molar-refractivity contribution in [2.45, 2.75) is 0 Å². The van der Waals surface area contributed by atoms with E-state index in [2.05, 4.69) is 30.9 Å². The lowest BCUT2D eigenvalue weighted by Crippen LogP contribution is -2.00. The Kier molecular flexibility index (Phi) is 3.23. The molecule has 2 rings (SSSR count). The molecule has 1 aromatic carbocycles. The number of aromatic amines is 1. The monoisotopic (exact) mass is 298 g/mol. The third-order valence-electron chi connectivity index (χ3n) is 2.20. The predicted molar refractivity (Wildman–Crippen MR) is 63.0 cm³/mol. The summed E-state index contributed by atoms with van der Waals surface area (Å²) in [6, 6.07) is 6.12. The lowest BCUT2D eigenvalue weighted by molar-refractivity contribution is 0.0594. The van der Waals surface area contributed by atoms with Gasteiger partial charge in [-0.3, -0.25) is 5.10 Å². The zero-order valence-corrected chi connectivity index (χ0v) is 10.4. The normalized spacial score (nSPS) is 10.3. The molecule has 0 unspecified atom stereocenters. The largest absolute Gasteiger partial charge is 0.464 e. The summed E-state index contributed by atoms with van der Waals surface area (Å²) < 4.78 is 18.2. The van der Waals surface area contributed by atoms with Crippen LogP contribution in [0.15, 0.2) is 28.7 Å². The Bertz CT molecular complexity index is 568. The summed E-state index contributed by atoms with van der Waals surface area (Å²) in [4.78, 5) is 11.2. The number of benzene rings is 1. The molecule has 1 heterocycles. The Labute approximate surface area is 105 Å². The minimum absolute atomic E-state index is 0.228. The van der Waals surface area contributed by atoms with E-state index in [9.17, 15) is 9.18 Å². The van der Waals surface area contributed by atoms with Crippen molar-refractivity contribution in [2.75, 3.05) is 7.11 Å². The highest BCUT2D eigenvalue weighted by Crippen LogP contribution is 2.23. The van der Waals surface area contributed by atoms with Crippen molar-refractivity contribution in [3.63, 3.8) is 0 Å². The van der Waals surface area contributed by atoms with Crippen LogP contribution in [0.1, 0.15) is 10.5 Å². The Morgan fingerprint density at radius 3 is 2.88 bits per heavy atom. The fourth-order valence-electron chi connectivity index (χ4n) is 1.34. The van der Waals surface area contributed by atoms with E-state index >= 15 is 0 Å². The fraction of sp³-hybridized carbons (Fsp3) is 0.0909. The molecule has 0 amide bonds. The molecule has 0 aliphatic heterocycles. The van der Waals surface area contributed by atoms with Crippen LogP contribution in [0.5, 0.6) is 0 Å². The molecule has 17 heavy (non-hydrogen) atoms. The molecule has 0 fully saturated rings. The minimum atomic E-state index is -0.513. The summed E-state index contributed by atoms with van der Waals surface area (Å²) in [5.74, 6) is -0.897. The van der Waals surface area contributed by atoms with Crippen LogP contribution in [0.2, 0.25) is 0 Å². The molecule has 1 aromatic heterocycles. The van der Waals surface area contributed by atoms with Crippen molar-refractivity contribution in [1.29, 1.82) is 0 Å². The van der Waals surface area contributed by atoms with Crippen molar-refractivity contribution >= 4 is 21.9 Å². The van der Waals surface area contributed by atoms with Crippen LogP contribution < -0.4 is 0 Å². The van der Waals surface area contributed by atoms with E-state index in [4.69, 9.17) is 0 Å². The van der Waals surface area contributed by atoms with Gasteiger partial charge in [0.1, 0.15) is 11.5 Å². The molecular formula is C11H8BrFN2O2. The van der Waals surface area contributed by atoms with Crippen LogP contribution in [-0.4, -0.2) is 23.3 Å². The van der Waals surface area contributed by atoms with Gasteiger partial charge >= 0.3 is 5.97 Å². The first-order valence-electron chi connectivity index (χ1n) is 4.71. The fourth-order valence-corrected chi connectivity index (χ4v) is 1.59. The molecule has 0 spiro atoms. The zero-order chi connectivity index (χ0) is 12.4. The maximum absolute atomic E-state index is 13.3. The van der Waals surface area contributed by atoms with Crippen molar-refractivity contribution in [3.8, 4) is 11.3 Å². The number of hydrogen-bond acceptors (Lipinski definition) is 3. The van der Waals surface area contributed by atoms with Crippen molar-refractivity contribution in [3.05, 3.63) is 40.2 Å². The number of H-pyrrole nitrogens is 1. The second-order valence-electron chi connectivity index (χ2n) is 3.29. The number of aromatic nitrogens is 2. The molecule has 0 atom stereocenters. The quantitative estimate of drug-likeness (QED) is 0.868. The average Bonchev–Trinajstić information content (AvgIpc) is 2.81. The zero-order valence-electron chi connectivity index (χ0n) is 8.83. The summed E-state index contributed by atoms with van der Waals surface area (Å²) >= 11 is 3.06. The van der Waals surface area contributed by atoms with E-state index in [1.807, 2.05) is 0 Å². The molecular weight excluding hydrogens is 291 g/mol. The third kappa shape index (κ3) is 2.36. The predicted octanol–water partition coefficient (Wildman–Crippen LogP) is 2.76. The lowest BCUT2D eigenvalue weighted by atomic mass is 10.1. The number of rotatable bonds is 2. The first-order chi connectivity index (χ1) is 8.11. The van der Waals surface area contributed by atoms with E-state index in [1.165, 1.54) is 19.2 Å². The summed E-state index contributed by atoms with van der Waals surface area (Å²) in [6.07, 6.45) is 0. The highest BCUT2D eigenvalue weighted by atomic mass is 79.9. The third-order valence-corrected chi connectivity index (χ3v) is 2.84. The smallest absolute Gasteiger partial charge is 0.356 e. The molecule has 6 heteroatoms. The van der Waals surface area contributed by atoms with Crippen LogP contribution in [0.4, 0.5) is 4.39 Å². The number of nitrogens with zero attached hydrogens (tertiary/aromatic N) is 1. The van der Waals surface area contributed by atoms with Gasteiger partial charge in [-0.05, 0) is 34.1 Å². The van der Waals surface area contributed by atoms with Gasteiger partial charge in [0.25, 0.3) is 0 Å². The van der Waals surface area contributed by atoms with Crippen LogP contribution in [-0.2, 0) is 4.74 Å². The number of hydrogen-bond donors (Lipinski definition) is 1. The Morgan fingerprint density at radius 2 is 2.24 bits per heavy atom. The molecule has 1 N–H and O–H groups in total. The number of halogens is 2. The lowest BCUT2D eigenvalue weighted by Gasteiger charge is -1.98. The number of ether oxygens (including phenoxy) is 1. The summed E-state index contributed by atoms with van der Waals surface area (Å²) in [5, 5.41) is 6.45. The van der Waals surface area contributed by atoms with Gasteiger partial charge in [0, 0.05) is 5.56 Å². The van der Waals surface area contributed by atoms with E-state index in [0.29, 0.717) is 15.7 Å². The molecule has 0 saturated carbocycles. The topological polar surface area (TPSA) is 55.0 Å². The number of carbonyl (C=O) groups excluding carboxylic acids is 1. The Balaban J connectivity index is 2.37. The van der Waals surface area contributed by atoms with Gasteiger partial charge in [-0.1, -0.05) is 6.07 Å². The van der Waals surface area contributed by atoms with Gasteiger partial charge in [-0.25, -0.2) is 9.18 Å². The first-order valence-corrected chi connectivity index (χ1v) is 5.50. The van der Waals surface area contributed by atoms with Crippen molar-refractivity contribution < 1.29 is 13.9 Å². The summed E-state index contributed by atoms with van der Waals surface area (Å²) in [7, 11) is 1.28. The molecule has 0 aliphatic rings. The van der Waals surface area contributed by atoms with Gasteiger partial charge in [0.2, 0.25) is 0 Å². The maximum atomic E-state index is 13.3. The molecule has 2 aromatic rings. The highest BCUT2D eigenvalue weighted by molar-refractivity contribution is 9.10. The van der Waals surface area contributed by atoms with Gasteiger partial charge in [0.15, 0.2) is 0 Å². The van der Waals surface area contributed by atoms with E-state index in [1.54, 1.807) is 12.1 Å².